The first-order chi connectivity index (χ1) is 13.6. The summed E-state index contributed by atoms with van der Waals surface area (Å²) >= 11 is 0. The highest BCUT2D eigenvalue weighted by Gasteiger charge is 2.28. The standard InChI is InChI=1S/C22H29NO6/c1-13-14(2)20(24)28-19-15(3)18(8-7-17(13)19)27-12-16-11-23(9-10-26-16)21(25)29-22(4,5)6/h7-8,16H,9-12H2,1-6H3. The fraction of sp³-hybridized carbons (Fsp3) is 0.545. The number of hydrogen-bond donors (Lipinski definition) is 0. The Morgan fingerprint density at radius 1 is 1.17 bits per heavy atom. The van der Waals surface area contributed by atoms with Crippen LogP contribution in [0.15, 0.2) is 21.3 Å². The highest BCUT2D eigenvalue weighted by molar-refractivity contribution is 5.85. The molecule has 0 N–H and O–H groups in total. The van der Waals surface area contributed by atoms with Crippen molar-refractivity contribution in [1.29, 1.82) is 0 Å². The molecule has 0 aliphatic carbocycles. The van der Waals surface area contributed by atoms with Gasteiger partial charge in [0.15, 0.2) is 0 Å². The van der Waals surface area contributed by atoms with Crippen LogP contribution in [0.25, 0.3) is 11.0 Å². The SMILES string of the molecule is Cc1c(C)c2ccc(OCC3CN(C(=O)OC(C)(C)C)CCO3)c(C)c2oc1=O. The number of ether oxygens (including phenoxy) is 3. The van der Waals surface area contributed by atoms with Gasteiger partial charge in [0, 0.05) is 23.1 Å². The predicted octanol–water partition coefficient (Wildman–Crippen LogP) is 3.73. The average Bonchev–Trinajstić information content (AvgIpc) is 2.65. The van der Waals surface area contributed by atoms with Crippen LogP contribution in [0, 0.1) is 20.8 Å². The molecule has 2 heterocycles. The monoisotopic (exact) mass is 403 g/mol. The lowest BCUT2D eigenvalue weighted by Crippen LogP contribution is -2.49. The Morgan fingerprint density at radius 2 is 1.90 bits per heavy atom. The summed E-state index contributed by atoms with van der Waals surface area (Å²) in [5.41, 5.74) is 1.96. The van der Waals surface area contributed by atoms with Crippen molar-refractivity contribution >= 4 is 17.1 Å². The first-order valence-corrected chi connectivity index (χ1v) is 9.83. The quantitative estimate of drug-likeness (QED) is 0.727. The lowest BCUT2D eigenvalue weighted by Gasteiger charge is -2.34. The van der Waals surface area contributed by atoms with Gasteiger partial charge in [-0.15, -0.1) is 0 Å². The van der Waals surface area contributed by atoms with Crippen molar-refractivity contribution in [2.45, 2.75) is 53.2 Å². The number of morpholine rings is 1. The van der Waals surface area contributed by atoms with Crippen LogP contribution in [0.3, 0.4) is 0 Å². The van der Waals surface area contributed by atoms with E-state index in [-0.39, 0.29) is 24.4 Å². The molecule has 1 atom stereocenters. The van der Waals surface area contributed by atoms with Crippen molar-refractivity contribution < 1.29 is 23.4 Å². The summed E-state index contributed by atoms with van der Waals surface area (Å²) in [7, 11) is 0. The fourth-order valence-electron chi connectivity index (χ4n) is 3.28. The van der Waals surface area contributed by atoms with E-state index in [1.807, 2.05) is 46.8 Å². The van der Waals surface area contributed by atoms with Crippen molar-refractivity contribution in [1.82, 2.24) is 4.90 Å². The van der Waals surface area contributed by atoms with Gasteiger partial charge in [-0.2, -0.15) is 0 Å². The zero-order valence-electron chi connectivity index (χ0n) is 18.0. The molecule has 1 amide bonds. The molecule has 1 fully saturated rings. The molecule has 1 aromatic carbocycles. The van der Waals surface area contributed by atoms with E-state index in [4.69, 9.17) is 18.6 Å². The molecule has 0 spiro atoms. The molecule has 1 aliphatic heterocycles. The van der Waals surface area contributed by atoms with E-state index >= 15 is 0 Å². The molecule has 29 heavy (non-hydrogen) atoms. The number of carbonyl (C=O) groups is 1. The van der Waals surface area contributed by atoms with Crippen molar-refractivity contribution in [3.8, 4) is 5.75 Å². The van der Waals surface area contributed by atoms with Gasteiger partial charge in [-0.05, 0) is 59.2 Å². The maximum absolute atomic E-state index is 12.3. The molecular formula is C22H29NO6. The Hall–Kier alpha value is -2.54. The van der Waals surface area contributed by atoms with Gasteiger partial charge in [0.2, 0.25) is 0 Å². The number of nitrogens with zero attached hydrogens (tertiary/aromatic N) is 1. The minimum Gasteiger partial charge on any atom is -0.490 e. The largest absolute Gasteiger partial charge is 0.490 e. The zero-order valence-corrected chi connectivity index (χ0v) is 18.0. The second-order valence-corrected chi connectivity index (χ2v) is 8.44. The van der Waals surface area contributed by atoms with Crippen molar-refractivity contribution in [2.24, 2.45) is 0 Å². The summed E-state index contributed by atoms with van der Waals surface area (Å²) < 4.78 is 22.6. The van der Waals surface area contributed by atoms with Crippen LogP contribution >= 0.6 is 0 Å². The molecule has 2 aromatic rings. The van der Waals surface area contributed by atoms with E-state index in [0.29, 0.717) is 36.6 Å². The third kappa shape index (κ3) is 4.72. The Kier molecular flexibility index (Phi) is 5.89. The summed E-state index contributed by atoms with van der Waals surface area (Å²) in [6, 6.07) is 3.77. The first-order valence-electron chi connectivity index (χ1n) is 9.83. The highest BCUT2D eigenvalue weighted by Crippen LogP contribution is 2.29. The van der Waals surface area contributed by atoms with Gasteiger partial charge in [-0.1, -0.05) is 0 Å². The van der Waals surface area contributed by atoms with E-state index in [1.54, 1.807) is 11.8 Å². The van der Waals surface area contributed by atoms with Gasteiger partial charge in [-0.3, -0.25) is 0 Å². The van der Waals surface area contributed by atoms with Crippen LogP contribution in [-0.4, -0.2) is 49.0 Å². The molecule has 158 valence electrons. The van der Waals surface area contributed by atoms with Crippen LogP contribution in [0.2, 0.25) is 0 Å². The Labute approximate surface area is 170 Å². The minimum atomic E-state index is -0.538. The molecular weight excluding hydrogens is 374 g/mol. The third-order valence-electron chi connectivity index (χ3n) is 5.04. The van der Waals surface area contributed by atoms with Crippen LogP contribution < -0.4 is 10.4 Å². The summed E-state index contributed by atoms with van der Waals surface area (Å²) in [6.45, 7) is 12.7. The molecule has 1 aliphatic rings. The van der Waals surface area contributed by atoms with Gasteiger partial charge < -0.3 is 23.5 Å². The van der Waals surface area contributed by atoms with E-state index in [0.717, 1.165) is 16.5 Å². The van der Waals surface area contributed by atoms with Crippen LogP contribution in [-0.2, 0) is 9.47 Å². The lowest BCUT2D eigenvalue weighted by atomic mass is 10.0. The smallest absolute Gasteiger partial charge is 0.410 e. The average molecular weight is 403 g/mol. The number of fused-ring (bicyclic) bond motifs is 1. The second-order valence-electron chi connectivity index (χ2n) is 8.44. The third-order valence-corrected chi connectivity index (χ3v) is 5.04. The number of rotatable bonds is 3. The molecule has 1 saturated heterocycles. The number of aryl methyl sites for hydroxylation is 2. The number of amides is 1. The van der Waals surface area contributed by atoms with E-state index in [1.165, 1.54) is 0 Å². The normalized spacial score (nSPS) is 17.4. The summed E-state index contributed by atoms with van der Waals surface area (Å²) in [4.78, 5) is 26.0. The van der Waals surface area contributed by atoms with Crippen LogP contribution in [0.5, 0.6) is 5.75 Å². The maximum atomic E-state index is 12.3. The molecule has 1 aromatic heterocycles. The van der Waals surface area contributed by atoms with Gasteiger partial charge in [0.1, 0.15) is 29.6 Å². The van der Waals surface area contributed by atoms with Crippen molar-refractivity contribution in [2.75, 3.05) is 26.3 Å². The van der Waals surface area contributed by atoms with Crippen LogP contribution in [0.4, 0.5) is 4.79 Å². The number of benzene rings is 1. The van der Waals surface area contributed by atoms with Crippen LogP contribution in [0.1, 0.15) is 37.5 Å². The molecule has 1 unspecified atom stereocenters. The Balaban J connectivity index is 1.70. The fourth-order valence-corrected chi connectivity index (χ4v) is 3.28. The zero-order chi connectivity index (χ0) is 21.3. The van der Waals surface area contributed by atoms with Crippen molar-refractivity contribution in [3.05, 3.63) is 39.2 Å². The van der Waals surface area contributed by atoms with Gasteiger partial charge in [0.25, 0.3) is 0 Å². The molecule has 7 heteroatoms. The summed E-state index contributed by atoms with van der Waals surface area (Å²) in [6.07, 6.45) is -0.613. The van der Waals surface area contributed by atoms with Gasteiger partial charge in [0.05, 0.1) is 13.2 Å². The molecule has 7 nitrogen and oxygen atoms in total. The molecule has 0 saturated carbocycles. The lowest BCUT2D eigenvalue weighted by molar-refractivity contribution is -0.0557. The predicted molar refractivity (Wildman–Crippen MR) is 110 cm³/mol. The number of carbonyl (C=O) groups excluding carboxylic acids is 1. The Morgan fingerprint density at radius 3 is 2.59 bits per heavy atom. The minimum absolute atomic E-state index is 0.266. The number of hydrogen-bond acceptors (Lipinski definition) is 6. The highest BCUT2D eigenvalue weighted by atomic mass is 16.6. The maximum Gasteiger partial charge on any atom is 0.410 e. The van der Waals surface area contributed by atoms with E-state index < -0.39 is 5.60 Å². The van der Waals surface area contributed by atoms with E-state index in [9.17, 15) is 9.59 Å². The molecule has 3 rings (SSSR count). The molecule has 0 bridgehead atoms. The topological polar surface area (TPSA) is 78.2 Å². The van der Waals surface area contributed by atoms with Gasteiger partial charge >= 0.3 is 11.7 Å². The second kappa shape index (κ2) is 8.06. The summed E-state index contributed by atoms with van der Waals surface area (Å²) in [5, 5.41) is 0.900. The first kappa shape index (κ1) is 21.2. The Bertz CT molecular complexity index is 972. The van der Waals surface area contributed by atoms with Gasteiger partial charge in [-0.25, -0.2) is 9.59 Å². The van der Waals surface area contributed by atoms with Crippen molar-refractivity contribution in [3.63, 3.8) is 0 Å². The molecule has 0 radical (unpaired) electrons. The summed E-state index contributed by atoms with van der Waals surface area (Å²) in [5.74, 6) is 0.627. The van der Waals surface area contributed by atoms with E-state index in [2.05, 4.69) is 0 Å².